The van der Waals surface area contributed by atoms with E-state index < -0.39 is 0 Å². The highest BCUT2D eigenvalue weighted by atomic mass is 14.0. The molecule has 5 aromatic carbocycles. The zero-order valence-corrected chi connectivity index (χ0v) is 18.2. The molecule has 0 aliphatic carbocycles. The molecule has 5 rings (SSSR count). The first-order chi connectivity index (χ1) is 15.6. The van der Waals surface area contributed by atoms with Gasteiger partial charge in [-0.15, -0.1) is 0 Å². The molecular formula is C32H22. The quantitative estimate of drug-likeness (QED) is 0.185. The van der Waals surface area contributed by atoms with Crippen LogP contribution in [0.5, 0.6) is 0 Å². The maximum Gasteiger partial charge on any atom is 0.0255 e. The average molecular weight is 407 g/mol. The van der Waals surface area contributed by atoms with Crippen molar-refractivity contribution in [1.29, 1.82) is 0 Å². The second-order valence-electron chi connectivity index (χ2n) is 8.21. The number of hydrogen-bond donors (Lipinski definition) is 0. The van der Waals surface area contributed by atoms with Crippen molar-refractivity contribution in [3.05, 3.63) is 130 Å². The highest BCUT2D eigenvalue weighted by Gasteiger charge is 2.01. The minimum absolute atomic E-state index is 1.03. The Bertz CT molecular complexity index is 1440. The van der Waals surface area contributed by atoms with Crippen LogP contribution in [0.1, 0.15) is 33.4 Å². The fourth-order valence-corrected chi connectivity index (χ4v) is 3.72. The summed E-state index contributed by atoms with van der Waals surface area (Å²) < 4.78 is 0. The van der Waals surface area contributed by atoms with Gasteiger partial charge in [0.1, 0.15) is 0 Å². The molecule has 32 heavy (non-hydrogen) atoms. The summed E-state index contributed by atoms with van der Waals surface area (Å²) in [5.74, 6) is 13.1. The predicted molar refractivity (Wildman–Crippen MR) is 136 cm³/mol. The van der Waals surface area contributed by atoms with E-state index in [0.29, 0.717) is 0 Å². The monoisotopic (exact) mass is 406 g/mol. The third-order valence-corrected chi connectivity index (χ3v) is 5.60. The van der Waals surface area contributed by atoms with Crippen molar-refractivity contribution in [3.8, 4) is 23.7 Å². The fraction of sp³-hybridized carbons (Fsp3) is 0.0625. The molecule has 0 radical (unpaired) electrons. The van der Waals surface area contributed by atoms with Gasteiger partial charge >= 0.3 is 0 Å². The van der Waals surface area contributed by atoms with E-state index in [9.17, 15) is 0 Å². The molecule has 0 saturated heterocycles. The summed E-state index contributed by atoms with van der Waals surface area (Å²) in [5.41, 5.74) is 6.62. The molecule has 0 saturated carbocycles. The van der Waals surface area contributed by atoms with E-state index in [1.54, 1.807) is 0 Å². The molecule has 5 aromatic rings. The second kappa shape index (κ2) is 8.47. The molecule has 150 valence electrons. The Morgan fingerprint density at radius 1 is 0.344 bits per heavy atom. The Kier molecular flexibility index (Phi) is 5.21. The lowest BCUT2D eigenvalue weighted by molar-refractivity contribution is 1.46. The van der Waals surface area contributed by atoms with Crippen LogP contribution in [0, 0.1) is 37.5 Å². The topological polar surface area (TPSA) is 0 Å². The van der Waals surface area contributed by atoms with Crippen LogP contribution in [0.15, 0.2) is 97.1 Å². The lowest BCUT2D eigenvalue weighted by Gasteiger charge is -2.04. The molecule has 0 spiro atoms. The zero-order chi connectivity index (χ0) is 21.9. The van der Waals surface area contributed by atoms with Gasteiger partial charge in [0.15, 0.2) is 0 Å². The number of aryl methyl sites for hydroxylation is 2. The van der Waals surface area contributed by atoms with Crippen LogP contribution in [0.25, 0.3) is 21.5 Å². The molecule has 0 unspecified atom stereocenters. The molecular weight excluding hydrogens is 384 g/mol. The SMILES string of the molecule is Cc1ccc(C#Cc2ccc3cc4cc(C#Cc5ccc(C)cc5)ccc4cc3c2)cc1. The summed E-state index contributed by atoms with van der Waals surface area (Å²) in [6, 6.07) is 33.9. The molecule has 0 aliphatic heterocycles. The van der Waals surface area contributed by atoms with Crippen LogP contribution in [-0.2, 0) is 0 Å². The standard InChI is InChI=1S/C32H22/c1-23-3-7-25(8-4-23)11-13-27-15-17-29-22-32-20-28(16-18-30(32)21-31(29)19-27)14-12-26-9-5-24(2)6-10-26/h3-10,15-22H,1-2H3. The summed E-state index contributed by atoms with van der Waals surface area (Å²) >= 11 is 0. The molecule has 0 N–H and O–H groups in total. The maximum absolute atomic E-state index is 3.30. The average Bonchev–Trinajstić information content (AvgIpc) is 2.82. The van der Waals surface area contributed by atoms with Gasteiger partial charge in [0, 0.05) is 22.3 Å². The van der Waals surface area contributed by atoms with E-state index in [1.165, 1.54) is 32.7 Å². The van der Waals surface area contributed by atoms with E-state index in [1.807, 2.05) is 0 Å². The smallest absolute Gasteiger partial charge is 0.0255 e. The summed E-state index contributed by atoms with van der Waals surface area (Å²) in [5, 5.41) is 4.82. The molecule has 0 bridgehead atoms. The van der Waals surface area contributed by atoms with Gasteiger partial charge in [-0.25, -0.2) is 0 Å². The molecule has 0 atom stereocenters. The van der Waals surface area contributed by atoms with Crippen molar-refractivity contribution in [3.63, 3.8) is 0 Å². The van der Waals surface area contributed by atoms with Crippen molar-refractivity contribution < 1.29 is 0 Å². The van der Waals surface area contributed by atoms with Gasteiger partial charge in [-0.2, -0.15) is 0 Å². The summed E-state index contributed by atoms with van der Waals surface area (Å²) in [4.78, 5) is 0. The van der Waals surface area contributed by atoms with Crippen molar-refractivity contribution >= 4 is 21.5 Å². The van der Waals surface area contributed by atoms with Crippen molar-refractivity contribution in [2.75, 3.05) is 0 Å². The van der Waals surface area contributed by atoms with E-state index >= 15 is 0 Å². The zero-order valence-electron chi connectivity index (χ0n) is 18.2. The predicted octanol–water partition coefficient (Wildman–Crippen LogP) is 7.41. The number of benzene rings is 5. The first-order valence-electron chi connectivity index (χ1n) is 10.8. The van der Waals surface area contributed by atoms with E-state index in [-0.39, 0.29) is 0 Å². The Balaban J connectivity index is 1.46. The van der Waals surface area contributed by atoms with Crippen LogP contribution in [-0.4, -0.2) is 0 Å². The minimum atomic E-state index is 1.03. The van der Waals surface area contributed by atoms with Crippen molar-refractivity contribution in [2.24, 2.45) is 0 Å². The molecule has 0 fully saturated rings. The molecule has 0 nitrogen and oxygen atoms in total. The van der Waals surface area contributed by atoms with Crippen molar-refractivity contribution in [2.45, 2.75) is 13.8 Å². The van der Waals surface area contributed by atoms with Crippen LogP contribution in [0.4, 0.5) is 0 Å². The third-order valence-electron chi connectivity index (χ3n) is 5.60. The van der Waals surface area contributed by atoms with Gasteiger partial charge in [0.05, 0.1) is 0 Å². The normalized spacial score (nSPS) is 10.3. The summed E-state index contributed by atoms with van der Waals surface area (Å²) in [6.45, 7) is 4.18. The van der Waals surface area contributed by atoms with Crippen molar-refractivity contribution in [1.82, 2.24) is 0 Å². The van der Waals surface area contributed by atoms with Gasteiger partial charge in [-0.3, -0.25) is 0 Å². The lowest BCUT2D eigenvalue weighted by Crippen LogP contribution is -1.82. The second-order valence-corrected chi connectivity index (χ2v) is 8.21. The van der Waals surface area contributed by atoms with Crippen LogP contribution < -0.4 is 0 Å². The summed E-state index contributed by atoms with van der Waals surface area (Å²) in [6.07, 6.45) is 0. The third kappa shape index (κ3) is 4.41. The number of fused-ring (bicyclic) bond motifs is 2. The minimum Gasteiger partial charge on any atom is -0.0617 e. The Hall–Kier alpha value is -4.26. The highest BCUT2D eigenvalue weighted by molar-refractivity contribution is 5.99. The largest absolute Gasteiger partial charge is 0.0617 e. The van der Waals surface area contributed by atoms with Gasteiger partial charge < -0.3 is 0 Å². The molecule has 0 aliphatic rings. The fourth-order valence-electron chi connectivity index (χ4n) is 3.72. The van der Waals surface area contributed by atoms with E-state index in [0.717, 1.165) is 22.3 Å². The molecule has 0 aromatic heterocycles. The molecule has 0 heteroatoms. The Morgan fingerprint density at radius 3 is 1.09 bits per heavy atom. The van der Waals surface area contributed by atoms with Crippen LogP contribution in [0.3, 0.4) is 0 Å². The Morgan fingerprint density at radius 2 is 0.688 bits per heavy atom. The number of hydrogen-bond acceptors (Lipinski definition) is 0. The van der Waals surface area contributed by atoms with E-state index in [2.05, 4.69) is 135 Å². The first-order valence-corrected chi connectivity index (χ1v) is 10.8. The van der Waals surface area contributed by atoms with E-state index in [4.69, 9.17) is 0 Å². The molecule has 0 amide bonds. The number of rotatable bonds is 0. The van der Waals surface area contributed by atoms with Gasteiger partial charge in [-0.05, 0) is 96.1 Å². The Labute approximate surface area is 189 Å². The maximum atomic E-state index is 3.30. The van der Waals surface area contributed by atoms with Gasteiger partial charge in [0.25, 0.3) is 0 Å². The van der Waals surface area contributed by atoms with Crippen LogP contribution >= 0.6 is 0 Å². The van der Waals surface area contributed by atoms with Crippen LogP contribution in [0.2, 0.25) is 0 Å². The highest BCUT2D eigenvalue weighted by Crippen LogP contribution is 2.24. The van der Waals surface area contributed by atoms with Gasteiger partial charge in [0.2, 0.25) is 0 Å². The molecule has 0 heterocycles. The summed E-state index contributed by atoms with van der Waals surface area (Å²) in [7, 11) is 0. The lowest BCUT2D eigenvalue weighted by atomic mass is 10.00. The van der Waals surface area contributed by atoms with Gasteiger partial charge in [-0.1, -0.05) is 71.2 Å². The first kappa shape index (κ1) is 19.7.